The van der Waals surface area contributed by atoms with Crippen LogP contribution in [0.3, 0.4) is 0 Å². The molecular formula is C13H11N3OS. The van der Waals surface area contributed by atoms with E-state index in [0.717, 1.165) is 21.2 Å². The minimum absolute atomic E-state index is 0.466. The molecular weight excluding hydrogens is 246 g/mol. The molecule has 0 unspecified atom stereocenters. The molecule has 1 aliphatic heterocycles. The number of nitrogens with zero attached hydrogens (tertiary/aromatic N) is 1. The third kappa shape index (κ3) is 2.05. The highest BCUT2D eigenvalue weighted by Crippen LogP contribution is 2.39. The summed E-state index contributed by atoms with van der Waals surface area (Å²) >= 11 is 1.58. The second-order valence-electron chi connectivity index (χ2n) is 3.78. The molecule has 2 heterocycles. The molecule has 0 saturated heterocycles. The Morgan fingerprint density at radius 2 is 2.11 bits per heavy atom. The van der Waals surface area contributed by atoms with E-state index in [4.69, 9.17) is 0 Å². The van der Waals surface area contributed by atoms with Crippen molar-refractivity contribution in [2.24, 2.45) is 4.99 Å². The Morgan fingerprint density at radius 3 is 2.89 bits per heavy atom. The predicted octanol–water partition coefficient (Wildman–Crippen LogP) is 3.17. The summed E-state index contributed by atoms with van der Waals surface area (Å²) in [6.07, 6.45) is 3.81. The van der Waals surface area contributed by atoms with E-state index >= 15 is 0 Å². The van der Waals surface area contributed by atoms with Crippen molar-refractivity contribution < 1.29 is 5.21 Å². The summed E-state index contributed by atoms with van der Waals surface area (Å²) in [5.41, 5.74) is 3.99. The number of hydrogen-bond acceptors (Lipinski definition) is 4. The van der Waals surface area contributed by atoms with E-state index in [1.807, 2.05) is 48.7 Å². The van der Waals surface area contributed by atoms with Gasteiger partial charge in [-0.15, -0.1) is 0 Å². The lowest BCUT2D eigenvalue weighted by atomic mass is 10.3. The third-order valence-corrected chi connectivity index (χ3v) is 3.66. The van der Waals surface area contributed by atoms with Crippen LogP contribution < -0.4 is 5.48 Å². The summed E-state index contributed by atoms with van der Waals surface area (Å²) in [7, 11) is 0. The number of aliphatic imine (C=N–C) groups is 1. The van der Waals surface area contributed by atoms with Crippen molar-refractivity contribution >= 4 is 29.4 Å². The largest absolute Gasteiger partial charge is 0.362 e. The molecule has 1 aliphatic rings. The molecule has 1 aromatic heterocycles. The van der Waals surface area contributed by atoms with Crippen LogP contribution >= 0.6 is 11.8 Å². The number of hydroxylamine groups is 1. The Labute approximate surface area is 108 Å². The Kier molecular flexibility index (Phi) is 2.92. The Bertz CT molecular complexity index is 617. The van der Waals surface area contributed by atoms with Crippen LogP contribution in [0.2, 0.25) is 0 Å². The van der Waals surface area contributed by atoms with Crippen molar-refractivity contribution in [2.75, 3.05) is 0 Å². The van der Waals surface area contributed by atoms with Crippen LogP contribution in [-0.2, 0) is 0 Å². The molecule has 0 radical (unpaired) electrons. The first kappa shape index (κ1) is 11.1. The zero-order valence-electron chi connectivity index (χ0n) is 9.42. The normalized spacial score (nSPS) is 16.3. The highest BCUT2D eigenvalue weighted by molar-refractivity contribution is 8.04. The first-order valence-electron chi connectivity index (χ1n) is 5.48. The molecule has 0 amide bonds. The molecule has 0 fully saturated rings. The van der Waals surface area contributed by atoms with E-state index in [2.05, 4.69) is 15.5 Å². The predicted molar refractivity (Wildman–Crippen MR) is 73.1 cm³/mol. The fourth-order valence-corrected chi connectivity index (χ4v) is 2.71. The molecule has 3 N–H and O–H groups in total. The average Bonchev–Trinajstić information content (AvgIpc) is 2.91. The number of rotatable bonds is 1. The van der Waals surface area contributed by atoms with Crippen LogP contribution in [0.5, 0.6) is 0 Å². The monoisotopic (exact) mass is 257 g/mol. The van der Waals surface area contributed by atoms with Crippen molar-refractivity contribution in [3.05, 3.63) is 53.2 Å². The number of fused-ring (bicyclic) bond motifs is 1. The minimum atomic E-state index is 0.466. The standard InChI is InChI=1S/C13H11N3OS/c17-16-13-12(8-9-4-3-7-14-9)18-11-6-2-1-5-10(11)15-13/h1-8,14,17H,(H,15,16). The molecule has 0 saturated carbocycles. The lowest BCUT2D eigenvalue weighted by Gasteiger charge is -2.16. The maximum atomic E-state index is 9.17. The maximum Gasteiger partial charge on any atom is 0.164 e. The first-order chi connectivity index (χ1) is 8.86. The smallest absolute Gasteiger partial charge is 0.164 e. The number of H-pyrrole nitrogens is 1. The summed E-state index contributed by atoms with van der Waals surface area (Å²) in [4.78, 5) is 9.43. The van der Waals surface area contributed by atoms with Gasteiger partial charge in [0.2, 0.25) is 0 Å². The minimum Gasteiger partial charge on any atom is -0.362 e. The lowest BCUT2D eigenvalue weighted by Crippen LogP contribution is -2.21. The topological polar surface area (TPSA) is 60.4 Å². The SMILES string of the molecule is ONC1=Nc2ccccc2SC1=Cc1ccc[nH]1. The van der Waals surface area contributed by atoms with Crippen molar-refractivity contribution in [2.45, 2.75) is 4.90 Å². The van der Waals surface area contributed by atoms with Crippen molar-refractivity contribution in [3.63, 3.8) is 0 Å². The number of nitrogens with one attached hydrogen (secondary N) is 2. The Hall–Kier alpha value is -1.98. The fraction of sp³-hybridized carbons (Fsp3) is 0. The lowest BCUT2D eigenvalue weighted by molar-refractivity contribution is 0.235. The molecule has 4 nitrogen and oxygen atoms in total. The number of aromatic amines is 1. The molecule has 2 aromatic rings. The molecule has 18 heavy (non-hydrogen) atoms. The van der Waals surface area contributed by atoms with Crippen LogP contribution in [0.25, 0.3) is 6.08 Å². The van der Waals surface area contributed by atoms with Gasteiger partial charge in [-0.1, -0.05) is 23.9 Å². The van der Waals surface area contributed by atoms with Gasteiger partial charge in [0.25, 0.3) is 0 Å². The second-order valence-corrected chi connectivity index (χ2v) is 4.86. The number of benzene rings is 1. The fourth-order valence-electron chi connectivity index (χ4n) is 1.73. The van der Waals surface area contributed by atoms with E-state index in [9.17, 15) is 5.21 Å². The summed E-state index contributed by atoms with van der Waals surface area (Å²) in [6, 6.07) is 11.7. The summed E-state index contributed by atoms with van der Waals surface area (Å²) in [6.45, 7) is 0. The van der Waals surface area contributed by atoms with Gasteiger partial charge in [0.05, 0.1) is 10.6 Å². The van der Waals surface area contributed by atoms with Crippen LogP contribution in [0.1, 0.15) is 5.69 Å². The van der Waals surface area contributed by atoms with Crippen molar-refractivity contribution in [1.82, 2.24) is 10.5 Å². The average molecular weight is 257 g/mol. The molecule has 5 heteroatoms. The summed E-state index contributed by atoms with van der Waals surface area (Å²) in [5.74, 6) is 0.466. The zero-order valence-corrected chi connectivity index (χ0v) is 10.2. The van der Waals surface area contributed by atoms with E-state index in [-0.39, 0.29) is 0 Å². The Balaban J connectivity index is 2.04. The van der Waals surface area contributed by atoms with Gasteiger partial charge >= 0.3 is 0 Å². The Morgan fingerprint density at radius 1 is 1.22 bits per heavy atom. The third-order valence-electron chi connectivity index (χ3n) is 2.57. The molecule has 0 aliphatic carbocycles. The van der Waals surface area contributed by atoms with Gasteiger partial charge in [0, 0.05) is 16.8 Å². The first-order valence-corrected chi connectivity index (χ1v) is 6.29. The second kappa shape index (κ2) is 4.72. The number of amidine groups is 1. The molecule has 0 atom stereocenters. The van der Waals surface area contributed by atoms with E-state index in [0.29, 0.717) is 5.84 Å². The van der Waals surface area contributed by atoms with Gasteiger partial charge in [0.1, 0.15) is 0 Å². The zero-order chi connectivity index (χ0) is 12.4. The maximum absolute atomic E-state index is 9.17. The van der Waals surface area contributed by atoms with Gasteiger partial charge < -0.3 is 4.98 Å². The molecule has 0 spiro atoms. The van der Waals surface area contributed by atoms with Gasteiger partial charge in [-0.3, -0.25) is 10.7 Å². The van der Waals surface area contributed by atoms with Gasteiger partial charge in [-0.2, -0.15) is 0 Å². The molecule has 3 rings (SSSR count). The van der Waals surface area contributed by atoms with Crippen LogP contribution in [0, 0.1) is 0 Å². The highest BCUT2D eigenvalue weighted by atomic mass is 32.2. The van der Waals surface area contributed by atoms with Gasteiger partial charge in [0.15, 0.2) is 5.84 Å². The van der Waals surface area contributed by atoms with Crippen LogP contribution in [-0.4, -0.2) is 16.0 Å². The van der Waals surface area contributed by atoms with E-state index in [1.54, 1.807) is 11.8 Å². The van der Waals surface area contributed by atoms with E-state index < -0.39 is 0 Å². The molecule has 1 aromatic carbocycles. The summed E-state index contributed by atoms with van der Waals surface area (Å²) in [5, 5.41) is 9.17. The quantitative estimate of drug-likeness (QED) is 0.688. The van der Waals surface area contributed by atoms with Gasteiger partial charge in [-0.05, 0) is 30.3 Å². The number of para-hydroxylation sites is 1. The van der Waals surface area contributed by atoms with Gasteiger partial charge in [-0.25, -0.2) is 4.99 Å². The van der Waals surface area contributed by atoms with E-state index in [1.165, 1.54) is 0 Å². The number of aromatic nitrogens is 1. The molecule has 0 bridgehead atoms. The van der Waals surface area contributed by atoms with Crippen LogP contribution in [0.15, 0.2) is 57.4 Å². The van der Waals surface area contributed by atoms with Crippen molar-refractivity contribution in [3.8, 4) is 0 Å². The van der Waals surface area contributed by atoms with Crippen LogP contribution in [0.4, 0.5) is 5.69 Å². The highest BCUT2D eigenvalue weighted by Gasteiger charge is 2.17. The number of hydrogen-bond donors (Lipinski definition) is 3. The molecule has 90 valence electrons. The summed E-state index contributed by atoms with van der Waals surface area (Å²) < 4.78 is 0. The number of thioether (sulfide) groups is 1. The van der Waals surface area contributed by atoms with Crippen molar-refractivity contribution in [1.29, 1.82) is 0 Å².